The molecule has 29 nitrogen and oxygen atoms in total. The number of alkyl halides is 9. The molecule has 0 radical (unpaired) electrons. The van der Waals surface area contributed by atoms with Crippen LogP contribution < -0.4 is 10.6 Å². The molecule has 132 heavy (non-hydrogen) atoms. The van der Waals surface area contributed by atoms with E-state index >= 15 is 0 Å². The highest BCUT2D eigenvalue weighted by molar-refractivity contribution is 14.1. The Morgan fingerprint density at radius 2 is 0.598 bits per heavy atom. The first-order chi connectivity index (χ1) is 60.3. The molecule has 7 aromatic rings. The maximum Gasteiger partial charge on any atom is 0.480 e. The molecule has 0 fully saturated rings. The molecule has 0 aliphatic carbocycles. The molecule has 0 unspecified atom stereocenters. The summed E-state index contributed by atoms with van der Waals surface area (Å²) in [6.45, 7) is -4.01. The summed E-state index contributed by atoms with van der Waals surface area (Å²) in [5.41, 5.74) is -14.9. The minimum atomic E-state index is -5.69. The average molecular weight is 4000 g/mol. The van der Waals surface area contributed by atoms with Gasteiger partial charge in [0.05, 0.1) is 87.8 Å². The molecule has 0 heterocycles. The number of carbonyl (C=O) groups is 7. The van der Waals surface area contributed by atoms with Crippen molar-refractivity contribution >= 4 is 510 Å². The molecule has 0 bridgehead atoms. The molecule has 0 aliphatic rings. The van der Waals surface area contributed by atoms with Gasteiger partial charge in [-0.1, -0.05) is 6.07 Å². The smallest absolute Gasteiger partial charge is 0.480 e. The van der Waals surface area contributed by atoms with Crippen molar-refractivity contribution in [2.75, 3.05) is 76.4 Å². The average Bonchev–Trinajstić information content (AvgIpc) is 0.755. The molecule has 0 atom stereocenters. The van der Waals surface area contributed by atoms with E-state index < -0.39 is 218 Å². The number of nitrogens with one attached hydrogen (secondary N) is 2. The van der Waals surface area contributed by atoms with Crippen molar-refractivity contribution in [3.8, 4) is 0 Å². The van der Waals surface area contributed by atoms with Crippen LogP contribution in [-0.4, -0.2) is 166 Å². The number of carbonyl (C=O) groups excluding carboxylic acids is 7. The van der Waals surface area contributed by atoms with Crippen molar-refractivity contribution in [3.63, 3.8) is 0 Å². The standard InChI is InChI=1S/C15H6F5I3NO4S.C15H9F2I3NO4S.C14H12F3I3N3O6S.C10H4F3I5NO4S.C10H5F3I4NO4S/c16-8-9(17)11(19)14(12(20)10(8)18)29(26,27)24-1-2-28-15(25)6-3-5(21)4-7(22)13(6)23;16-10-2-1-3-12(13(10)17)26(23,24)21-4-5-25-15(22)9-6-8(18)7-11(19)14(9)20;1-5(24)22-11-8(18)7(9(19)12(10(11)20)23-6(2)25)13(26)29-4-3-21-30(27,28)14(15,16)17;11-10(12,13)24(21,22)19-1-2-23-9(20)3-4(14)6(16)8(18)7(17)5(3)15;11-10(12,13)23(20,21)18-1-2-22-9(19)4-3-5(14)7(16)8(17)6(4)15/h3-4H,1-2H2;1-3,6-7H,4-5H2;3-4H2,1-2H3,(H,22,24)(H,23,25);1-2H2;3H,1-2H2/q5*-1. The van der Waals surface area contributed by atoms with Crippen molar-refractivity contribution < 1.29 is 170 Å². The summed E-state index contributed by atoms with van der Waals surface area (Å²) in [6.07, 6.45) is 0. The maximum atomic E-state index is 13.6. The number of rotatable bonds is 29. The van der Waals surface area contributed by atoms with E-state index in [1.807, 2.05) is 215 Å². The summed E-state index contributed by atoms with van der Waals surface area (Å²) >= 11 is 36.0. The van der Waals surface area contributed by atoms with Crippen LogP contribution in [0, 0.1) is 105 Å². The Kier molecular flexibility index (Phi) is 55.0. The molecule has 7 aromatic carbocycles. The van der Waals surface area contributed by atoms with E-state index in [0.717, 1.165) is 57.5 Å². The van der Waals surface area contributed by atoms with Gasteiger partial charge in [0.1, 0.15) is 24.9 Å². The number of ether oxygens (including phenoxy) is 5. The van der Waals surface area contributed by atoms with Crippen LogP contribution in [0.4, 0.5) is 81.6 Å². The van der Waals surface area contributed by atoms with Crippen LogP contribution in [0.15, 0.2) is 58.3 Å². The van der Waals surface area contributed by atoms with Crippen molar-refractivity contribution in [1.82, 2.24) is 0 Å². The Morgan fingerprint density at radius 3 is 0.932 bits per heavy atom. The third-order valence-electron chi connectivity index (χ3n) is 13.7. The minimum absolute atomic E-state index is 0.0669. The van der Waals surface area contributed by atoms with Gasteiger partial charge in [-0.2, -0.15) is 39.5 Å². The number of halogens is 34. The van der Waals surface area contributed by atoms with Gasteiger partial charge in [0.2, 0.25) is 17.6 Å². The molecular weight excluding hydrogens is 3970 g/mol. The Hall–Kier alpha value is 2.40. The fourth-order valence-corrected chi connectivity index (χ4v) is 28.9. The fraction of sp³-hybridized carbons (Fsp3) is 0.234. The monoisotopic (exact) mass is 4000 g/mol. The summed E-state index contributed by atoms with van der Waals surface area (Å²) in [6, 6.07) is 11.3. The van der Waals surface area contributed by atoms with Crippen molar-refractivity contribution in [3.05, 3.63) is 205 Å². The topological polar surface area (TPSA) is 431 Å². The molecular formula is C64H36F16I18N7O22S5-5. The number of hydrogen-bond acceptors (Lipinski definition) is 22. The minimum Gasteiger partial charge on any atom is -0.542 e. The van der Waals surface area contributed by atoms with E-state index in [4.69, 9.17) is 23.7 Å². The number of nitrogens with zero attached hydrogens (tertiary/aromatic N) is 5. The largest absolute Gasteiger partial charge is 0.542 e. The highest BCUT2D eigenvalue weighted by atomic mass is 127. The zero-order chi connectivity index (χ0) is 102. The fourth-order valence-electron chi connectivity index (χ4n) is 8.03. The number of sulfonamides is 5. The van der Waals surface area contributed by atoms with E-state index in [1.165, 1.54) is 19.9 Å². The van der Waals surface area contributed by atoms with Crippen LogP contribution in [0.2, 0.25) is 0 Å². The number of hydrogen-bond donors (Lipinski definition) is 2. The van der Waals surface area contributed by atoms with Gasteiger partial charge in [0, 0.05) is 67.4 Å². The molecule has 7 rings (SSSR count). The second-order valence-electron chi connectivity index (χ2n) is 22.8. The lowest BCUT2D eigenvalue weighted by Crippen LogP contribution is -2.24. The second-order valence-corrected chi connectivity index (χ2v) is 51.1. The Labute approximate surface area is 983 Å². The molecule has 0 spiro atoms. The lowest BCUT2D eigenvalue weighted by Gasteiger charge is -2.22. The van der Waals surface area contributed by atoms with E-state index in [2.05, 4.69) is 192 Å². The highest BCUT2D eigenvalue weighted by Crippen LogP contribution is 2.42. The number of amides is 2. The van der Waals surface area contributed by atoms with Gasteiger partial charge in [0.25, 0.3) is 0 Å². The van der Waals surface area contributed by atoms with E-state index in [1.54, 1.807) is 57.3 Å². The number of benzene rings is 7. The summed E-state index contributed by atoms with van der Waals surface area (Å²) in [5, 5.41) is 5.08. The van der Waals surface area contributed by atoms with Gasteiger partial charge in [-0.15, -0.1) is 32.7 Å². The summed E-state index contributed by atoms with van der Waals surface area (Å²) < 4.78 is 366. The highest BCUT2D eigenvalue weighted by Gasteiger charge is 2.41. The summed E-state index contributed by atoms with van der Waals surface area (Å²) in [5.74, 6) is -19.9. The van der Waals surface area contributed by atoms with Crippen molar-refractivity contribution in [1.29, 1.82) is 0 Å². The van der Waals surface area contributed by atoms with Gasteiger partial charge in [-0.05, 0) is 449 Å². The van der Waals surface area contributed by atoms with Gasteiger partial charge >= 0.3 is 46.4 Å². The first-order valence-electron chi connectivity index (χ1n) is 32.4. The second kappa shape index (κ2) is 56.5. The lowest BCUT2D eigenvalue weighted by molar-refractivity contribution is -0.115. The van der Waals surface area contributed by atoms with Crippen molar-refractivity contribution in [2.24, 2.45) is 0 Å². The zero-order valence-corrected chi connectivity index (χ0v) is 106. The van der Waals surface area contributed by atoms with Crippen LogP contribution in [0.5, 0.6) is 0 Å². The normalized spacial score (nSPS) is 11.8. The molecule has 68 heteroatoms. The number of esters is 5. The van der Waals surface area contributed by atoms with Gasteiger partial charge in [-0.25, -0.2) is 96.8 Å². The van der Waals surface area contributed by atoms with E-state index in [-0.39, 0.29) is 41.8 Å². The van der Waals surface area contributed by atoms with Crippen LogP contribution in [0.3, 0.4) is 0 Å². The van der Waals surface area contributed by atoms with E-state index in [9.17, 15) is 146 Å². The molecule has 732 valence electrons. The Balaban J connectivity index is 0.000000427. The SMILES string of the molecule is CC(=O)Nc1c(I)c(NC(C)=O)c(I)c(C(=O)OCC[N-]S(=O)(=O)C(F)(F)F)c1I.O=C(OCC[N-]S(=O)(=O)C(F)(F)F)c1c(I)c(I)c(I)c(I)c1I.O=C(OCC[N-]S(=O)(=O)C(F)(F)F)c1cc(I)c(I)c(I)c1I.O=C(OCC[N-]S(=O)(=O)c1c(F)c(F)c(F)c(F)c1F)c1cc(I)cc(I)c1I.O=C(OCC[N-]S(=O)(=O)c1cccc(F)c1F)c1cc(I)cc(I)c1I. The van der Waals surface area contributed by atoms with E-state index in [0.29, 0.717) is 29.0 Å². The lowest BCUT2D eigenvalue weighted by atomic mass is 10.1. The predicted molar refractivity (Wildman–Crippen MR) is 594 cm³/mol. The summed E-state index contributed by atoms with van der Waals surface area (Å²) in [4.78, 5) is 81.0. The van der Waals surface area contributed by atoms with Crippen LogP contribution in [-0.2, 0) is 83.4 Å². The first-order valence-corrected chi connectivity index (χ1v) is 59.0. The third-order valence-corrected chi connectivity index (χ3v) is 47.2. The third kappa shape index (κ3) is 37.3. The van der Waals surface area contributed by atoms with Gasteiger partial charge < -0.3 is 57.9 Å². The zero-order valence-electron chi connectivity index (χ0n) is 62.8. The van der Waals surface area contributed by atoms with Crippen LogP contribution in [0.1, 0.15) is 65.6 Å². The molecule has 0 saturated heterocycles. The molecule has 0 saturated carbocycles. The molecule has 2 amide bonds. The maximum absolute atomic E-state index is 13.6. The Bertz CT molecular complexity index is 6140. The first kappa shape index (κ1) is 129. The Morgan fingerprint density at radius 1 is 0.318 bits per heavy atom. The summed E-state index contributed by atoms with van der Waals surface area (Å²) in [7, 11) is -26.4. The van der Waals surface area contributed by atoms with Crippen LogP contribution in [0.25, 0.3) is 23.6 Å². The molecule has 2 N–H and O–H groups in total. The number of anilines is 2. The van der Waals surface area contributed by atoms with Crippen LogP contribution >= 0.6 is 407 Å². The van der Waals surface area contributed by atoms with Crippen molar-refractivity contribution in [2.45, 2.75) is 40.2 Å². The van der Waals surface area contributed by atoms with Gasteiger partial charge in [-0.3, -0.25) is 9.59 Å². The van der Waals surface area contributed by atoms with Gasteiger partial charge in [0.15, 0.2) is 65.0 Å². The quantitative estimate of drug-likeness (QED) is 0.00836. The molecule has 0 aromatic heterocycles. The molecule has 0 aliphatic heterocycles. The predicted octanol–water partition coefficient (Wildman–Crippen LogP) is 23.2.